The van der Waals surface area contributed by atoms with E-state index in [2.05, 4.69) is 4.74 Å². The van der Waals surface area contributed by atoms with Gasteiger partial charge in [0, 0.05) is 6.54 Å². The second-order valence-corrected chi connectivity index (χ2v) is 4.97. The molecule has 2 fully saturated rings. The van der Waals surface area contributed by atoms with Crippen LogP contribution in [0.1, 0.15) is 25.7 Å². The second kappa shape index (κ2) is 4.95. The van der Waals surface area contributed by atoms with Crippen molar-refractivity contribution in [3.05, 3.63) is 0 Å². The van der Waals surface area contributed by atoms with Crippen molar-refractivity contribution in [2.24, 2.45) is 5.92 Å². The minimum absolute atomic E-state index is 0.364. The summed E-state index contributed by atoms with van der Waals surface area (Å²) >= 11 is 0. The van der Waals surface area contributed by atoms with Crippen molar-refractivity contribution in [2.75, 3.05) is 13.2 Å². The minimum atomic E-state index is -4.51. The molecule has 3 unspecified atom stereocenters. The Hall–Kier alpha value is -0.980. The van der Waals surface area contributed by atoms with Gasteiger partial charge in [0.05, 0.1) is 12.1 Å². The van der Waals surface area contributed by atoms with Crippen LogP contribution in [0.5, 0.6) is 0 Å². The lowest BCUT2D eigenvalue weighted by Gasteiger charge is -2.44. The highest BCUT2D eigenvalue weighted by molar-refractivity contribution is 5.68. The standard InChI is InChI=1S/C11H16F3NO3/c12-11(13,14)6-18-10(17)15-4-3-7-1-2-9(16)8(15)5-7/h7-9,16H,1-6H2. The zero-order valence-electron chi connectivity index (χ0n) is 9.82. The third-order valence-electron chi connectivity index (χ3n) is 3.66. The number of nitrogens with zero attached hydrogens (tertiary/aromatic N) is 1. The van der Waals surface area contributed by atoms with E-state index in [0.717, 1.165) is 12.8 Å². The van der Waals surface area contributed by atoms with E-state index < -0.39 is 31.0 Å². The van der Waals surface area contributed by atoms with Crippen LogP contribution in [0.15, 0.2) is 0 Å². The molecule has 2 aliphatic rings. The summed E-state index contributed by atoms with van der Waals surface area (Å²) in [5.41, 5.74) is 0. The molecule has 1 saturated carbocycles. The predicted octanol–water partition coefficient (Wildman–Crippen LogP) is 1.92. The maximum Gasteiger partial charge on any atom is 0.422 e. The van der Waals surface area contributed by atoms with Gasteiger partial charge in [-0.3, -0.25) is 0 Å². The van der Waals surface area contributed by atoms with Gasteiger partial charge in [0.2, 0.25) is 0 Å². The number of piperidine rings is 1. The zero-order valence-corrected chi connectivity index (χ0v) is 9.82. The summed E-state index contributed by atoms with van der Waals surface area (Å²) in [6.07, 6.45) is -3.20. The third-order valence-corrected chi connectivity index (χ3v) is 3.66. The Balaban J connectivity index is 1.93. The normalized spacial score (nSPS) is 32.2. The van der Waals surface area contributed by atoms with Gasteiger partial charge in [-0.05, 0) is 31.6 Å². The first kappa shape index (κ1) is 13.5. The Morgan fingerprint density at radius 3 is 2.72 bits per heavy atom. The van der Waals surface area contributed by atoms with Gasteiger partial charge in [-0.1, -0.05) is 0 Å². The molecule has 1 N–H and O–H groups in total. The molecular formula is C11H16F3NO3. The number of carbonyl (C=O) groups excluding carboxylic acids is 1. The third kappa shape index (κ3) is 3.07. The Morgan fingerprint density at radius 2 is 2.06 bits per heavy atom. The van der Waals surface area contributed by atoms with Gasteiger partial charge in [0.1, 0.15) is 0 Å². The minimum Gasteiger partial charge on any atom is -0.440 e. The number of fused-ring (bicyclic) bond motifs is 2. The van der Waals surface area contributed by atoms with Crippen LogP contribution in [0, 0.1) is 5.92 Å². The first-order valence-electron chi connectivity index (χ1n) is 6.05. The summed E-state index contributed by atoms with van der Waals surface area (Å²) in [6.45, 7) is -1.21. The molecule has 0 aromatic rings. The zero-order chi connectivity index (χ0) is 13.3. The molecule has 0 aromatic heterocycles. The van der Waals surface area contributed by atoms with E-state index in [1.165, 1.54) is 4.90 Å². The van der Waals surface area contributed by atoms with Gasteiger partial charge in [-0.2, -0.15) is 13.2 Å². The molecule has 4 nitrogen and oxygen atoms in total. The van der Waals surface area contributed by atoms with E-state index in [-0.39, 0.29) is 0 Å². The van der Waals surface area contributed by atoms with Crippen molar-refractivity contribution in [3.8, 4) is 0 Å². The van der Waals surface area contributed by atoms with Gasteiger partial charge in [-0.15, -0.1) is 0 Å². The molecule has 1 amide bonds. The maximum absolute atomic E-state index is 12.0. The maximum atomic E-state index is 12.0. The molecule has 2 bridgehead atoms. The SMILES string of the molecule is O=C(OCC(F)(F)F)N1CCC2CCC(O)C1C2. The van der Waals surface area contributed by atoms with Gasteiger partial charge in [0.25, 0.3) is 0 Å². The molecule has 0 aromatic carbocycles. The van der Waals surface area contributed by atoms with Crippen LogP contribution >= 0.6 is 0 Å². The molecule has 3 atom stereocenters. The average molecular weight is 267 g/mol. The second-order valence-electron chi connectivity index (χ2n) is 4.97. The smallest absolute Gasteiger partial charge is 0.422 e. The number of hydrogen-bond donors (Lipinski definition) is 1. The largest absolute Gasteiger partial charge is 0.440 e. The number of aliphatic hydroxyl groups excluding tert-OH is 1. The quantitative estimate of drug-likeness (QED) is 0.789. The van der Waals surface area contributed by atoms with Crippen LogP contribution in [0.25, 0.3) is 0 Å². The molecule has 0 spiro atoms. The van der Waals surface area contributed by atoms with Gasteiger partial charge in [-0.25, -0.2) is 4.79 Å². The molecule has 104 valence electrons. The van der Waals surface area contributed by atoms with Crippen LogP contribution in [-0.2, 0) is 4.74 Å². The highest BCUT2D eigenvalue weighted by Crippen LogP contribution is 2.35. The monoisotopic (exact) mass is 267 g/mol. The van der Waals surface area contributed by atoms with Crippen molar-refractivity contribution < 1.29 is 27.8 Å². The number of likely N-dealkylation sites (tertiary alicyclic amines) is 1. The summed E-state index contributed by atoms with van der Waals surface area (Å²) in [4.78, 5) is 12.8. The molecular weight excluding hydrogens is 251 g/mol. The Bertz CT molecular complexity index is 321. The van der Waals surface area contributed by atoms with Crippen LogP contribution in [0.2, 0.25) is 0 Å². The van der Waals surface area contributed by atoms with Crippen molar-refractivity contribution in [2.45, 2.75) is 44.0 Å². The van der Waals surface area contributed by atoms with E-state index >= 15 is 0 Å². The first-order valence-corrected chi connectivity index (χ1v) is 6.05. The summed E-state index contributed by atoms with van der Waals surface area (Å²) in [5, 5.41) is 9.80. The number of carbonyl (C=O) groups is 1. The Kier molecular flexibility index (Phi) is 3.70. The molecule has 0 radical (unpaired) electrons. The van der Waals surface area contributed by atoms with E-state index in [0.29, 0.717) is 25.3 Å². The number of aliphatic hydroxyl groups is 1. The predicted molar refractivity (Wildman–Crippen MR) is 55.9 cm³/mol. The fourth-order valence-corrected chi connectivity index (χ4v) is 2.75. The number of amides is 1. The Labute approximate surface area is 103 Å². The van der Waals surface area contributed by atoms with Crippen molar-refractivity contribution >= 4 is 6.09 Å². The topological polar surface area (TPSA) is 49.8 Å². The molecule has 7 heteroatoms. The lowest BCUT2D eigenvalue weighted by atomic mass is 9.78. The number of hydrogen-bond acceptors (Lipinski definition) is 3. The average Bonchev–Trinajstić information content (AvgIpc) is 2.30. The van der Waals surface area contributed by atoms with Crippen LogP contribution < -0.4 is 0 Å². The van der Waals surface area contributed by atoms with Crippen molar-refractivity contribution in [1.82, 2.24) is 4.90 Å². The molecule has 2 rings (SSSR count). The first-order chi connectivity index (χ1) is 8.37. The number of halogens is 3. The van der Waals surface area contributed by atoms with Crippen molar-refractivity contribution in [3.63, 3.8) is 0 Å². The van der Waals surface area contributed by atoms with E-state index in [4.69, 9.17) is 0 Å². The summed E-state index contributed by atoms with van der Waals surface area (Å²) in [6, 6.07) is -0.391. The molecule has 1 saturated heterocycles. The molecule has 18 heavy (non-hydrogen) atoms. The van der Waals surface area contributed by atoms with Crippen LogP contribution in [-0.4, -0.2) is 47.6 Å². The highest BCUT2D eigenvalue weighted by atomic mass is 19.4. The van der Waals surface area contributed by atoms with Gasteiger partial charge in [0.15, 0.2) is 6.61 Å². The van der Waals surface area contributed by atoms with Crippen LogP contribution in [0.4, 0.5) is 18.0 Å². The Morgan fingerprint density at radius 1 is 1.33 bits per heavy atom. The van der Waals surface area contributed by atoms with Crippen LogP contribution in [0.3, 0.4) is 0 Å². The van der Waals surface area contributed by atoms with Gasteiger partial charge >= 0.3 is 12.3 Å². The summed E-state index contributed by atoms with van der Waals surface area (Å²) in [5.74, 6) is 0.463. The number of rotatable bonds is 1. The fraction of sp³-hybridized carbons (Fsp3) is 0.909. The van der Waals surface area contributed by atoms with E-state index in [9.17, 15) is 23.1 Å². The lowest BCUT2D eigenvalue weighted by Crippen LogP contribution is -2.54. The molecule has 1 aliphatic heterocycles. The summed E-state index contributed by atoms with van der Waals surface area (Å²) in [7, 11) is 0. The number of ether oxygens (including phenoxy) is 1. The number of alkyl halides is 3. The highest BCUT2D eigenvalue weighted by Gasteiger charge is 2.41. The van der Waals surface area contributed by atoms with E-state index in [1.807, 2.05) is 0 Å². The molecule has 1 heterocycles. The summed E-state index contributed by atoms with van der Waals surface area (Å²) < 4.78 is 40.1. The van der Waals surface area contributed by atoms with Crippen molar-refractivity contribution in [1.29, 1.82) is 0 Å². The van der Waals surface area contributed by atoms with Gasteiger partial charge < -0.3 is 14.7 Å². The fourth-order valence-electron chi connectivity index (χ4n) is 2.75. The lowest BCUT2D eigenvalue weighted by molar-refractivity contribution is -0.164. The molecule has 1 aliphatic carbocycles. The van der Waals surface area contributed by atoms with E-state index in [1.54, 1.807) is 0 Å².